The molecule has 0 fully saturated rings. The van der Waals surface area contributed by atoms with Crippen LogP contribution in [-0.2, 0) is 16.0 Å². The molecule has 0 saturated heterocycles. The van der Waals surface area contributed by atoms with Crippen molar-refractivity contribution in [1.29, 1.82) is 0 Å². The van der Waals surface area contributed by atoms with Gasteiger partial charge in [-0.05, 0) is 41.6 Å². The normalized spacial score (nSPS) is 20.1. The molecule has 5 rings (SSSR count). The summed E-state index contributed by atoms with van der Waals surface area (Å²) in [5.41, 5.74) is 7.99. The summed E-state index contributed by atoms with van der Waals surface area (Å²) < 4.78 is 22.7. The average Bonchev–Trinajstić information content (AvgIpc) is 3.56. The minimum Gasteiger partial charge on any atom is -0.457 e. The fourth-order valence-corrected chi connectivity index (χ4v) is 4.66. The molecule has 2 aromatic rings. The number of dihydropyridines is 1. The molecule has 1 aromatic heterocycles. The molecule has 10 heteroatoms. The lowest BCUT2D eigenvalue weighted by molar-refractivity contribution is -0.116. The summed E-state index contributed by atoms with van der Waals surface area (Å²) in [6.45, 7) is 1.78. The zero-order chi connectivity index (χ0) is 23.8. The smallest absolute Gasteiger partial charge is 0.248 e. The van der Waals surface area contributed by atoms with Crippen LogP contribution in [0.15, 0.2) is 71.9 Å². The molecule has 34 heavy (non-hydrogen) atoms. The number of nitrogens with zero attached hydrogens (tertiary/aromatic N) is 2. The molecule has 174 valence electrons. The third-order valence-electron chi connectivity index (χ3n) is 5.51. The van der Waals surface area contributed by atoms with Gasteiger partial charge < -0.3 is 21.1 Å². The van der Waals surface area contributed by atoms with E-state index in [1.165, 1.54) is 6.07 Å². The Bertz CT molecular complexity index is 1370. The SMILES string of the molecule is Cc1cc(CC(=O)Nc2cnn(S3=CC3)c2)c(F)cc1OC1=C2C=C(C(N)=O)C=CC2NC=C1. The zero-order valence-electron chi connectivity index (χ0n) is 18.2. The zero-order valence-corrected chi connectivity index (χ0v) is 19.1. The molecular formula is C24H22FN5O3S. The first-order valence-corrected chi connectivity index (χ1v) is 12.0. The number of carbonyl (C=O) groups excluding carboxylic acids is 2. The van der Waals surface area contributed by atoms with Crippen molar-refractivity contribution in [3.8, 4) is 5.75 Å². The molecule has 2 unspecified atom stereocenters. The fourth-order valence-electron chi connectivity index (χ4n) is 3.69. The third kappa shape index (κ3) is 4.58. The van der Waals surface area contributed by atoms with Crippen molar-refractivity contribution in [2.24, 2.45) is 5.73 Å². The van der Waals surface area contributed by atoms with Crippen LogP contribution in [0.4, 0.5) is 10.1 Å². The van der Waals surface area contributed by atoms with Gasteiger partial charge in [0.25, 0.3) is 0 Å². The van der Waals surface area contributed by atoms with E-state index < -0.39 is 11.7 Å². The molecule has 8 nitrogen and oxygen atoms in total. The Morgan fingerprint density at radius 3 is 2.97 bits per heavy atom. The maximum absolute atomic E-state index is 14.9. The lowest BCUT2D eigenvalue weighted by Crippen LogP contribution is -2.31. The van der Waals surface area contributed by atoms with Gasteiger partial charge in [0.2, 0.25) is 11.8 Å². The molecule has 1 aliphatic carbocycles. The van der Waals surface area contributed by atoms with Crippen LogP contribution in [0.2, 0.25) is 0 Å². The number of amides is 2. The van der Waals surface area contributed by atoms with Crippen LogP contribution < -0.4 is 21.1 Å². The Kier molecular flexibility index (Phi) is 5.66. The van der Waals surface area contributed by atoms with Crippen LogP contribution in [0.3, 0.4) is 0 Å². The van der Waals surface area contributed by atoms with Crippen molar-refractivity contribution in [3.05, 3.63) is 88.9 Å². The number of nitrogens with two attached hydrogens (primary N) is 1. The van der Waals surface area contributed by atoms with Gasteiger partial charge in [0.1, 0.15) is 17.3 Å². The predicted molar refractivity (Wildman–Crippen MR) is 130 cm³/mol. The topological polar surface area (TPSA) is 111 Å². The molecule has 3 aliphatic rings. The van der Waals surface area contributed by atoms with E-state index in [1.807, 2.05) is 10.2 Å². The second-order valence-corrected chi connectivity index (χ2v) is 9.87. The summed E-state index contributed by atoms with van der Waals surface area (Å²) in [5.74, 6) is 0.379. The summed E-state index contributed by atoms with van der Waals surface area (Å²) in [5, 5.41) is 12.3. The van der Waals surface area contributed by atoms with Crippen LogP contribution in [0.25, 0.3) is 0 Å². The molecular weight excluding hydrogens is 457 g/mol. The van der Waals surface area contributed by atoms with E-state index in [-0.39, 0.29) is 34.6 Å². The highest BCUT2D eigenvalue weighted by Gasteiger charge is 2.23. The summed E-state index contributed by atoms with van der Waals surface area (Å²) >= 11 is 0. The average molecular weight is 480 g/mol. The van der Waals surface area contributed by atoms with Crippen LogP contribution in [0.1, 0.15) is 11.1 Å². The molecule has 2 amide bonds. The van der Waals surface area contributed by atoms with Gasteiger partial charge in [0.15, 0.2) is 0 Å². The van der Waals surface area contributed by atoms with E-state index in [0.29, 0.717) is 33.9 Å². The number of halogens is 1. The van der Waals surface area contributed by atoms with E-state index in [4.69, 9.17) is 10.5 Å². The highest BCUT2D eigenvalue weighted by atomic mass is 32.2. The molecule has 4 N–H and O–H groups in total. The highest BCUT2D eigenvalue weighted by molar-refractivity contribution is 8.21. The number of rotatable bonds is 7. The number of benzene rings is 1. The van der Waals surface area contributed by atoms with E-state index in [1.54, 1.807) is 49.8 Å². The standard InChI is InChI=1S/C24H22FN5O3S/c1-14-8-16(10-23(31)29-17-12-28-30(13-17)34-6-7-34)19(25)11-22(14)33-21-4-5-27-20-3-2-15(24(26)32)9-18(20)21/h2-6,8-9,11-13,20,27H,7,10H2,1H3,(H2,26,32)(H,29,31). The Balaban J connectivity index is 1.32. The van der Waals surface area contributed by atoms with Gasteiger partial charge in [0.05, 0.1) is 30.5 Å². The predicted octanol–water partition coefficient (Wildman–Crippen LogP) is 2.46. The number of hydrogen-bond donors (Lipinski definition) is 3. The van der Waals surface area contributed by atoms with Crippen LogP contribution in [0, 0.1) is 12.7 Å². The van der Waals surface area contributed by atoms with Crippen molar-refractivity contribution < 1.29 is 18.7 Å². The summed E-state index contributed by atoms with van der Waals surface area (Å²) in [7, 11) is 0.0319. The largest absolute Gasteiger partial charge is 0.457 e. The molecule has 1 aromatic carbocycles. The van der Waals surface area contributed by atoms with Crippen molar-refractivity contribution in [2.75, 3.05) is 11.1 Å². The molecule has 0 saturated carbocycles. The number of aromatic nitrogens is 2. The quantitative estimate of drug-likeness (QED) is 0.529. The molecule has 0 spiro atoms. The van der Waals surface area contributed by atoms with Crippen LogP contribution in [-0.4, -0.2) is 38.2 Å². The lowest BCUT2D eigenvalue weighted by atomic mass is 9.94. The molecule has 0 radical (unpaired) electrons. The summed E-state index contributed by atoms with van der Waals surface area (Å²) in [6.07, 6.45) is 11.8. The summed E-state index contributed by atoms with van der Waals surface area (Å²) in [4.78, 5) is 24.0. The third-order valence-corrected chi connectivity index (χ3v) is 6.82. The van der Waals surface area contributed by atoms with E-state index in [9.17, 15) is 14.0 Å². The first-order valence-electron chi connectivity index (χ1n) is 10.6. The Labute approximate surface area is 197 Å². The number of aryl methyl sites for hydroxylation is 1. The first kappa shape index (κ1) is 21.9. The van der Waals surface area contributed by atoms with Crippen LogP contribution in [0.5, 0.6) is 5.75 Å². The van der Waals surface area contributed by atoms with E-state index >= 15 is 0 Å². The van der Waals surface area contributed by atoms with Crippen LogP contribution >= 0.6 is 10.7 Å². The monoisotopic (exact) mass is 479 g/mol. The van der Waals surface area contributed by atoms with Gasteiger partial charge in [0, 0.05) is 29.2 Å². The minimum absolute atomic E-state index is 0.0319. The second-order valence-electron chi connectivity index (χ2n) is 8.02. The number of primary amides is 1. The minimum atomic E-state index is -0.544. The summed E-state index contributed by atoms with van der Waals surface area (Å²) in [6, 6.07) is 2.70. The van der Waals surface area contributed by atoms with Crippen molar-refractivity contribution >= 4 is 33.5 Å². The van der Waals surface area contributed by atoms with Crippen molar-refractivity contribution in [2.45, 2.75) is 19.4 Å². The Morgan fingerprint density at radius 1 is 1.38 bits per heavy atom. The van der Waals surface area contributed by atoms with Gasteiger partial charge in [-0.25, -0.2) is 8.48 Å². The number of hydrogen-bond acceptors (Lipinski definition) is 5. The molecule has 2 atom stereocenters. The van der Waals surface area contributed by atoms with Gasteiger partial charge >= 0.3 is 0 Å². The Hall–Kier alpha value is -3.92. The number of ether oxygens (including phenoxy) is 1. The van der Waals surface area contributed by atoms with E-state index in [0.717, 1.165) is 5.75 Å². The fraction of sp³-hybridized carbons (Fsp3) is 0.167. The van der Waals surface area contributed by atoms with E-state index in [2.05, 4.69) is 21.1 Å². The highest BCUT2D eigenvalue weighted by Crippen LogP contribution is 2.30. The molecule has 0 bridgehead atoms. The number of carbonyl (C=O) groups is 2. The second kappa shape index (κ2) is 8.79. The van der Waals surface area contributed by atoms with Crippen molar-refractivity contribution in [1.82, 2.24) is 14.5 Å². The van der Waals surface area contributed by atoms with Gasteiger partial charge in [-0.15, -0.1) is 0 Å². The lowest BCUT2D eigenvalue weighted by Gasteiger charge is -2.25. The molecule has 2 aliphatic heterocycles. The van der Waals surface area contributed by atoms with Gasteiger partial charge in [-0.2, -0.15) is 5.10 Å². The Morgan fingerprint density at radius 2 is 2.21 bits per heavy atom. The number of fused-ring (bicyclic) bond motifs is 1. The number of allylic oxidation sites excluding steroid dienone is 1. The molecule has 3 heterocycles. The van der Waals surface area contributed by atoms with Crippen molar-refractivity contribution in [3.63, 3.8) is 0 Å². The van der Waals surface area contributed by atoms with Gasteiger partial charge in [-0.1, -0.05) is 22.8 Å². The maximum atomic E-state index is 14.9. The number of anilines is 1. The number of nitrogens with one attached hydrogen (secondary N) is 2. The first-order chi connectivity index (χ1) is 16.4. The van der Waals surface area contributed by atoms with Gasteiger partial charge in [-0.3, -0.25) is 9.59 Å². The maximum Gasteiger partial charge on any atom is 0.248 e.